The molecule has 0 amide bonds. The Morgan fingerprint density at radius 1 is 0.551 bits per heavy atom. The summed E-state index contributed by atoms with van der Waals surface area (Å²) in [6, 6.07) is 9.14. The third kappa shape index (κ3) is 19.0. The standard InChI is InChI=1S/C31H46O12S6/c32-47(33,34)41-10-4-1-7-13-44-22-25-16-28-18-26(23-45-14-8-2-5-11-42-48(35,36)37)20-30-21-27(19-29(17-25)31(28)30)24-46-15-9-3-6-12-43-49(38,39)40/h16-20H,1-15,21-24H2,(H,32,33,34)(H,35,36,37)(H,38,39,40). The first-order valence-electron chi connectivity index (χ1n) is 16.1. The molecule has 49 heavy (non-hydrogen) atoms. The number of thioether (sulfide) groups is 3. The van der Waals surface area contributed by atoms with Crippen molar-refractivity contribution in [1.82, 2.24) is 0 Å². The van der Waals surface area contributed by atoms with Gasteiger partial charge in [0.25, 0.3) is 0 Å². The van der Waals surface area contributed by atoms with E-state index >= 15 is 0 Å². The smallest absolute Gasteiger partial charge is 0.264 e. The Morgan fingerprint density at radius 3 is 1.43 bits per heavy atom. The molecule has 1 aliphatic rings. The van der Waals surface area contributed by atoms with Crippen molar-refractivity contribution in [1.29, 1.82) is 0 Å². The summed E-state index contributed by atoms with van der Waals surface area (Å²) in [4.78, 5) is 0. The predicted octanol–water partition coefficient (Wildman–Crippen LogP) is 6.95. The van der Waals surface area contributed by atoms with Gasteiger partial charge in [-0.1, -0.05) is 55.2 Å². The first kappa shape index (κ1) is 42.5. The SMILES string of the molecule is O=S(=O)(O)OCCCCCSCC1=Cc2cc(CSCCCCCOS(=O)(=O)O)cc3cc(CSCCCCCOS(=O)(=O)O)cc(c23)C1. The topological polar surface area (TPSA) is 191 Å². The van der Waals surface area contributed by atoms with Gasteiger partial charge in [0.1, 0.15) is 0 Å². The molecule has 0 saturated heterocycles. The lowest BCUT2D eigenvalue weighted by Crippen LogP contribution is -2.05. The molecule has 0 spiro atoms. The lowest BCUT2D eigenvalue weighted by Gasteiger charge is -2.21. The molecule has 0 fully saturated rings. The van der Waals surface area contributed by atoms with Gasteiger partial charge in [0.15, 0.2) is 0 Å². The van der Waals surface area contributed by atoms with Crippen molar-refractivity contribution < 1.29 is 51.5 Å². The highest BCUT2D eigenvalue weighted by molar-refractivity contribution is 7.99. The number of hydrogen-bond acceptors (Lipinski definition) is 12. The average molecular weight is 803 g/mol. The van der Waals surface area contributed by atoms with Crippen LogP contribution in [0.25, 0.3) is 16.8 Å². The van der Waals surface area contributed by atoms with Crippen LogP contribution < -0.4 is 0 Å². The van der Waals surface area contributed by atoms with E-state index < -0.39 is 31.2 Å². The molecular weight excluding hydrogens is 757 g/mol. The maximum Gasteiger partial charge on any atom is 0.397 e. The fourth-order valence-corrected chi connectivity index (χ4v) is 9.22. The monoisotopic (exact) mass is 802 g/mol. The largest absolute Gasteiger partial charge is 0.397 e. The normalized spacial score (nSPS) is 13.7. The molecule has 0 aromatic heterocycles. The fourth-order valence-electron chi connectivity index (χ4n) is 5.33. The van der Waals surface area contributed by atoms with Crippen LogP contribution in [-0.4, -0.2) is 81.7 Å². The van der Waals surface area contributed by atoms with Crippen LogP contribution in [0.4, 0.5) is 0 Å². The summed E-state index contributed by atoms with van der Waals surface area (Å²) in [5.74, 6) is 5.37. The van der Waals surface area contributed by atoms with Crippen molar-refractivity contribution in [3.8, 4) is 0 Å². The van der Waals surface area contributed by atoms with Crippen molar-refractivity contribution in [2.75, 3.05) is 42.8 Å². The maximum atomic E-state index is 10.7. The summed E-state index contributed by atoms with van der Waals surface area (Å²) < 4.78 is 103. The summed E-state index contributed by atoms with van der Waals surface area (Å²) in [5.41, 5.74) is 6.38. The van der Waals surface area contributed by atoms with E-state index in [1.165, 1.54) is 38.6 Å². The zero-order chi connectivity index (χ0) is 35.8. The highest BCUT2D eigenvalue weighted by Crippen LogP contribution is 2.36. The number of benzene rings is 2. The van der Waals surface area contributed by atoms with Crippen LogP contribution in [0.5, 0.6) is 0 Å². The lowest BCUT2D eigenvalue weighted by atomic mass is 9.87. The second-order valence-electron chi connectivity index (χ2n) is 11.6. The van der Waals surface area contributed by atoms with Crippen LogP contribution in [-0.2, 0) is 61.7 Å². The van der Waals surface area contributed by atoms with Gasteiger partial charge in [-0.15, -0.1) is 0 Å². The van der Waals surface area contributed by atoms with Gasteiger partial charge in [-0.25, -0.2) is 12.5 Å². The molecule has 12 nitrogen and oxygen atoms in total. The molecule has 278 valence electrons. The van der Waals surface area contributed by atoms with Gasteiger partial charge in [0.05, 0.1) is 19.8 Å². The Hall–Kier alpha value is -0.900. The van der Waals surface area contributed by atoms with Gasteiger partial charge in [0, 0.05) is 17.3 Å². The molecule has 3 N–H and O–H groups in total. The second kappa shape index (κ2) is 21.6. The molecule has 2 aromatic carbocycles. The Labute approximate surface area is 303 Å². The molecule has 2 aromatic rings. The third-order valence-corrected chi connectivity index (χ3v) is 12.2. The number of hydrogen-bond donors (Lipinski definition) is 3. The van der Waals surface area contributed by atoms with Gasteiger partial charge in [-0.05, 0) is 95.2 Å². The Balaban J connectivity index is 1.57. The zero-order valence-electron chi connectivity index (χ0n) is 27.3. The Kier molecular flexibility index (Phi) is 18.7. The van der Waals surface area contributed by atoms with E-state index in [2.05, 4.69) is 42.9 Å². The van der Waals surface area contributed by atoms with Crippen molar-refractivity contribution >= 4 is 83.3 Å². The van der Waals surface area contributed by atoms with Crippen molar-refractivity contribution in [2.45, 2.75) is 75.7 Å². The molecular formula is C31H46O12S6. The first-order chi connectivity index (χ1) is 23.2. The van der Waals surface area contributed by atoms with Crippen LogP contribution in [0.15, 0.2) is 29.8 Å². The van der Waals surface area contributed by atoms with Crippen LogP contribution in [0.1, 0.15) is 80.0 Å². The fraction of sp³-hybridized carbons (Fsp3) is 0.613. The average Bonchev–Trinajstić information content (AvgIpc) is 2.99. The van der Waals surface area contributed by atoms with E-state index in [4.69, 9.17) is 13.7 Å². The Morgan fingerprint density at radius 2 is 0.980 bits per heavy atom. The molecule has 0 heterocycles. The summed E-state index contributed by atoms with van der Waals surface area (Å²) in [6.07, 6.45) is 10.0. The van der Waals surface area contributed by atoms with Crippen molar-refractivity contribution in [3.63, 3.8) is 0 Å². The third-order valence-electron chi connectivity index (χ3n) is 7.38. The predicted molar refractivity (Wildman–Crippen MR) is 199 cm³/mol. The molecule has 18 heteroatoms. The van der Waals surface area contributed by atoms with E-state index in [1.807, 2.05) is 35.3 Å². The van der Waals surface area contributed by atoms with E-state index in [9.17, 15) is 25.3 Å². The second-order valence-corrected chi connectivity index (χ2v) is 18.2. The van der Waals surface area contributed by atoms with E-state index in [0.717, 1.165) is 79.5 Å². The molecule has 0 aliphatic heterocycles. The van der Waals surface area contributed by atoms with Crippen LogP contribution >= 0.6 is 35.3 Å². The highest BCUT2D eigenvalue weighted by atomic mass is 32.3. The minimum absolute atomic E-state index is 0.0191. The van der Waals surface area contributed by atoms with Crippen molar-refractivity contribution in [3.05, 3.63) is 52.1 Å². The number of rotatable bonds is 27. The van der Waals surface area contributed by atoms with Crippen LogP contribution in [0.3, 0.4) is 0 Å². The summed E-state index contributed by atoms with van der Waals surface area (Å²) >= 11 is 5.51. The van der Waals surface area contributed by atoms with E-state index in [-0.39, 0.29) is 19.8 Å². The maximum absolute atomic E-state index is 10.7. The van der Waals surface area contributed by atoms with Gasteiger partial charge >= 0.3 is 31.2 Å². The van der Waals surface area contributed by atoms with Crippen molar-refractivity contribution in [2.24, 2.45) is 0 Å². The van der Waals surface area contributed by atoms with Crippen LogP contribution in [0, 0.1) is 0 Å². The molecule has 3 rings (SSSR count). The molecule has 0 atom stereocenters. The molecule has 1 aliphatic carbocycles. The van der Waals surface area contributed by atoms with Crippen LogP contribution in [0.2, 0.25) is 0 Å². The van der Waals surface area contributed by atoms with Gasteiger partial charge < -0.3 is 0 Å². The lowest BCUT2D eigenvalue weighted by molar-refractivity contribution is 0.261. The summed E-state index contributed by atoms with van der Waals surface area (Å²) in [6.45, 7) is -0.0627. The first-order valence-corrected chi connectivity index (χ1v) is 23.6. The molecule has 0 radical (unpaired) electrons. The van der Waals surface area contributed by atoms with Gasteiger partial charge in [-0.3, -0.25) is 13.7 Å². The quantitative estimate of drug-likeness (QED) is 0.0621. The molecule has 0 saturated carbocycles. The van der Waals surface area contributed by atoms with E-state index in [0.29, 0.717) is 19.3 Å². The highest BCUT2D eigenvalue weighted by Gasteiger charge is 2.17. The summed E-state index contributed by atoms with van der Waals surface area (Å²) in [5, 5.41) is 2.51. The van der Waals surface area contributed by atoms with Gasteiger partial charge in [-0.2, -0.15) is 60.5 Å². The minimum atomic E-state index is -4.39. The minimum Gasteiger partial charge on any atom is -0.264 e. The molecule has 0 bridgehead atoms. The van der Waals surface area contributed by atoms with Gasteiger partial charge in [0.2, 0.25) is 0 Å². The summed E-state index contributed by atoms with van der Waals surface area (Å²) in [7, 11) is -13.2. The number of unbranched alkanes of at least 4 members (excludes halogenated alkanes) is 6. The molecule has 0 unspecified atom stereocenters. The van der Waals surface area contributed by atoms with E-state index in [1.54, 1.807) is 0 Å². The Bertz CT molecular complexity index is 1690. The zero-order valence-corrected chi connectivity index (χ0v) is 32.2.